The minimum absolute atomic E-state index is 0.130. The number of pyridine rings is 1. The van der Waals surface area contributed by atoms with Gasteiger partial charge in [0.05, 0.1) is 0 Å². The molecule has 0 unspecified atom stereocenters. The molecule has 0 radical (unpaired) electrons. The van der Waals surface area contributed by atoms with Crippen LogP contribution >= 0.6 is 0 Å². The van der Waals surface area contributed by atoms with Crippen molar-refractivity contribution in [3.63, 3.8) is 0 Å². The fourth-order valence-electron chi connectivity index (χ4n) is 1.30. The standard InChI is InChI=1S/C12H20BNO2/c1-9(2)15-13(16-10(3)4)12-7-6-11(5)14-8-12/h6-10H,1-5H3. The van der Waals surface area contributed by atoms with Gasteiger partial charge in [-0.15, -0.1) is 0 Å². The van der Waals surface area contributed by atoms with E-state index >= 15 is 0 Å². The Morgan fingerprint density at radius 1 is 1.06 bits per heavy atom. The molecule has 0 aliphatic heterocycles. The van der Waals surface area contributed by atoms with Gasteiger partial charge in [-0.05, 0) is 40.7 Å². The second-order valence-electron chi connectivity index (χ2n) is 4.43. The Labute approximate surface area is 98.3 Å². The van der Waals surface area contributed by atoms with Gasteiger partial charge in [0.2, 0.25) is 0 Å². The topological polar surface area (TPSA) is 31.4 Å². The van der Waals surface area contributed by atoms with Gasteiger partial charge < -0.3 is 9.31 Å². The summed E-state index contributed by atoms with van der Waals surface area (Å²) >= 11 is 0. The molecule has 0 aromatic carbocycles. The summed E-state index contributed by atoms with van der Waals surface area (Å²) < 4.78 is 11.4. The van der Waals surface area contributed by atoms with E-state index in [9.17, 15) is 0 Å². The Kier molecular flexibility index (Phi) is 4.96. The first-order chi connectivity index (χ1) is 7.49. The molecule has 3 nitrogen and oxygen atoms in total. The molecule has 0 saturated heterocycles. The monoisotopic (exact) mass is 221 g/mol. The Balaban J connectivity index is 2.78. The maximum absolute atomic E-state index is 5.72. The van der Waals surface area contributed by atoms with Gasteiger partial charge in [0.25, 0.3) is 0 Å². The molecule has 0 N–H and O–H groups in total. The second kappa shape index (κ2) is 6.02. The summed E-state index contributed by atoms with van der Waals surface area (Å²) in [5.41, 5.74) is 1.96. The SMILES string of the molecule is Cc1ccc(B(OC(C)C)OC(C)C)cn1. The van der Waals surface area contributed by atoms with E-state index in [4.69, 9.17) is 9.31 Å². The second-order valence-corrected chi connectivity index (χ2v) is 4.43. The molecule has 4 heteroatoms. The van der Waals surface area contributed by atoms with E-state index in [2.05, 4.69) is 4.98 Å². The zero-order valence-corrected chi connectivity index (χ0v) is 10.7. The Morgan fingerprint density at radius 3 is 2.00 bits per heavy atom. The van der Waals surface area contributed by atoms with E-state index < -0.39 is 0 Å². The molecule has 0 aliphatic rings. The molecule has 0 aliphatic carbocycles. The predicted octanol–water partition coefficient (Wildman–Crippen LogP) is 1.94. The first kappa shape index (κ1) is 13.2. The fraction of sp³-hybridized carbons (Fsp3) is 0.583. The number of nitrogens with zero attached hydrogens (tertiary/aromatic N) is 1. The highest BCUT2D eigenvalue weighted by molar-refractivity contribution is 6.61. The minimum atomic E-state index is -0.326. The molecular weight excluding hydrogens is 201 g/mol. The normalized spacial score (nSPS) is 11.2. The highest BCUT2D eigenvalue weighted by Gasteiger charge is 2.24. The third-order valence-corrected chi connectivity index (χ3v) is 2.00. The van der Waals surface area contributed by atoms with Gasteiger partial charge in [-0.2, -0.15) is 0 Å². The Hall–Kier alpha value is -0.865. The predicted molar refractivity (Wildman–Crippen MR) is 66.8 cm³/mol. The first-order valence-corrected chi connectivity index (χ1v) is 5.72. The van der Waals surface area contributed by atoms with Crippen molar-refractivity contribution in [1.29, 1.82) is 0 Å². The van der Waals surface area contributed by atoms with Gasteiger partial charge in [0.15, 0.2) is 0 Å². The molecule has 1 heterocycles. The summed E-state index contributed by atoms with van der Waals surface area (Å²) in [7, 11) is -0.326. The van der Waals surface area contributed by atoms with E-state index in [0.29, 0.717) is 0 Å². The van der Waals surface area contributed by atoms with Gasteiger partial charge in [0.1, 0.15) is 0 Å². The molecule has 0 fully saturated rings. The fourth-order valence-corrected chi connectivity index (χ4v) is 1.30. The average Bonchev–Trinajstić information content (AvgIpc) is 2.16. The van der Waals surface area contributed by atoms with Crippen molar-refractivity contribution < 1.29 is 9.31 Å². The highest BCUT2D eigenvalue weighted by atomic mass is 16.6. The van der Waals surface area contributed by atoms with Crippen molar-refractivity contribution in [3.8, 4) is 0 Å². The van der Waals surface area contributed by atoms with Crippen LogP contribution in [0.2, 0.25) is 0 Å². The van der Waals surface area contributed by atoms with E-state index in [1.807, 2.05) is 52.9 Å². The quantitative estimate of drug-likeness (QED) is 0.712. The number of hydrogen-bond donors (Lipinski definition) is 0. The highest BCUT2D eigenvalue weighted by Crippen LogP contribution is 2.01. The van der Waals surface area contributed by atoms with Crippen LogP contribution in [0, 0.1) is 6.92 Å². The van der Waals surface area contributed by atoms with E-state index in [-0.39, 0.29) is 19.3 Å². The van der Waals surface area contributed by atoms with Crippen LogP contribution in [-0.4, -0.2) is 24.3 Å². The summed E-state index contributed by atoms with van der Waals surface area (Å²) in [4.78, 5) is 4.25. The van der Waals surface area contributed by atoms with Crippen LogP contribution in [0.3, 0.4) is 0 Å². The molecule has 0 atom stereocenters. The first-order valence-electron chi connectivity index (χ1n) is 5.72. The van der Waals surface area contributed by atoms with Crippen molar-refractivity contribution >= 4 is 12.6 Å². The van der Waals surface area contributed by atoms with Crippen molar-refractivity contribution in [1.82, 2.24) is 4.98 Å². The molecule has 88 valence electrons. The Bertz CT molecular complexity index is 301. The molecule has 0 amide bonds. The van der Waals surface area contributed by atoms with Crippen molar-refractivity contribution in [2.75, 3.05) is 0 Å². The van der Waals surface area contributed by atoms with E-state index in [1.54, 1.807) is 0 Å². The van der Waals surface area contributed by atoms with Gasteiger partial charge in [-0.3, -0.25) is 4.98 Å². The zero-order valence-electron chi connectivity index (χ0n) is 10.7. The smallest absolute Gasteiger partial charge is 0.405 e. The maximum Gasteiger partial charge on any atom is 0.495 e. The lowest BCUT2D eigenvalue weighted by Crippen LogP contribution is -2.41. The zero-order chi connectivity index (χ0) is 12.1. The van der Waals surface area contributed by atoms with Crippen molar-refractivity contribution in [2.45, 2.75) is 46.8 Å². The molecule has 0 saturated carbocycles. The largest absolute Gasteiger partial charge is 0.495 e. The molecule has 0 spiro atoms. The molecular formula is C12H20BNO2. The molecule has 16 heavy (non-hydrogen) atoms. The van der Waals surface area contributed by atoms with Crippen LogP contribution in [0.5, 0.6) is 0 Å². The third-order valence-electron chi connectivity index (χ3n) is 2.00. The maximum atomic E-state index is 5.72. The Morgan fingerprint density at radius 2 is 1.62 bits per heavy atom. The molecule has 0 bridgehead atoms. The molecule has 1 rings (SSSR count). The summed E-state index contributed by atoms with van der Waals surface area (Å²) in [5.74, 6) is 0. The van der Waals surface area contributed by atoms with Gasteiger partial charge >= 0.3 is 7.12 Å². The number of hydrogen-bond acceptors (Lipinski definition) is 3. The van der Waals surface area contributed by atoms with Crippen LogP contribution < -0.4 is 5.46 Å². The number of rotatable bonds is 5. The van der Waals surface area contributed by atoms with E-state index in [1.165, 1.54) is 0 Å². The number of aromatic nitrogens is 1. The van der Waals surface area contributed by atoms with Crippen LogP contribution in [0.1, 0.15) is 33.4 Å². The summed E-state index contributed by atoms with van der Waals surface area (Å²) in [6, 6.07) is 3.97. The van der Waals surface area contributed by atoms with Crippen LogP contribution in [-0.2, 0) is 9.31 Å². The molecule has 1 aromatic rings. The third kappa shape index (κ3) is 4.33. The van der Waals surface area contributed by atoms with Gasteiger partial charge in [0, 0.05) is 29.6 Å². The summed E-state index contributed by atoms with van der Waals surface area (Å²) in [5, 5.41) is 0. The van der Waals surface area contributed by atoms with Crippen molar-refractivity contribution in [2.24, 2.45) is 0 Å². The van der Waals surface area contributed by atoms with Gasteiger partial charge in [-0.1, -0.05) is 6.07 Å². The molecule has 1 aromatic heterocycles. The minimum Gasteiger partial charge on any atom is -0.405 e. The average molecular weight is 221 g/mol. The lowest BCUT2D eigenvalue weighted by molar-refractivity contribution is 0.139. The number of aryl methyl sites for hydroxylation is 1. The van der Waals surface area contributed by atoms with Crippen LogP contribution in [0.15, 0.2) is 18.3 Å². The van der Waals surface area contributed by atoms with Gasteiger partial charge in [-0.25, -0.2) is 0 Å². The lowest BCUT2D eigenvalue weighted by atomic mass is 9.79. The van der Waals surface area contributed by atoms with Crippen LogP contribution in [0.25, 0.3) is 0 Å². The lowest BCUT2D eigenvalue weighted by Gasteiger charge is -2.19. The summed E-state index contributed by atoms with van der Waals surface area (Å²) in [6.45, 7) is 9.96. The van der Waals surface area contributed by atoms with Crippen LogP contribution in [0.4, 0.5) is 0 Å². The van der Waals surface area contributed by atoms with Crippen molar-refractivity contribution in [3.05, 3.63) is 24.0 Å². The summed E-state index contributed by atoms with van der Waals surface area (Å²) in [6.07, 6.45) is 2.07. The van der Waals surface area contributed by atoms with E-state index in [0.717, 1.165) is 11.2 Å².